The van der Waals surface area contributed by atoms with Crippen LogP contribution in [0.5, 0.6) is 0 Å². The first kappa shape index (κ1) is 63.2. The van der Waals surface area contributed by atoms with E-state index in [0.29, 0.717) is 66.8 Å². The Labute approximate surface area is 476 Å². The summed E-state index contributed by atoms with van der Waals surface area (Å²) in [6.07, 6.45) is 5.40. The molecule has 0 saturated heterocycles. The molecule has 0 aliphatic carbocycles. The fourth-order valence-corrected chi connectivity index (χ4v) is 31.6. The van der Waals surface area contributed by atoms with Crippen molar-refractivity contribution in [3.63, 3.8) is 0 Å². The molecule has 6 aromatic carbocycles. The van der Waals surface area contributed by atoms with E-state index in [1.807, 2.05) is 156 Å². The summed E-state index contributed by atoms with van der Waals surface area (Å²) in [6.45, 7) is 36.1. The van der Waals surface area contributed by atoms with Gasteiger partial charge in [0, 0.05) is 32.9 Å². The van der Waals surface area contributed by atoms with Crippen LogP contribution in [0.25, 0.3) is 0 Å². The van der Waals surface area contributed by atoms with Gasteiger partial charge in [-0.2, -0.15) is 0 Å². The molecule has 0 N–H and O–H groups in total. The second-order valence-electron chi connectivity index (χ2n) is 24.4. The Balaban J connectivity index is 1.05. The van der Waals surface area contributed by atoms with Gasteiger partial charge in [-0.1, -0.05) is 132 Å². The molecule has 0 aliphatic heterocycles. The van der Waals surface area contributed by atoms with Crippen molar-refractivity contribution in [3.8, 4) is 0 Å². The zero-order valence-electron chi connectivity index (χ0n) is 50.6. The third kappa shape index (κ3) is 14.6. The first-order chi connectivity index (χ1) is 36.7. The third-order valence-electron chi connectivity index (χ3n) is 15.3. The lowest BCUT2D eigenvalue weighted by Crippen LogP contribution is -2.52. The third-order valence-corrected chi connectivity index (χ3v) is 32.0. The molecule has 6 aromatic rings. The number of rotatable bonds is 24. The molecule has 0 unspecified atom stereocenters. The van der Waals surface area contributed by atoms with Crippen molar-refractivity contribution in [3.05, 3.63) is 197 Å². The molecule has 8 nitrogen and oxygen atoms in total. The Morgan fingerprint density at radius 3 is 0.785 bits per heavy atom. The van der Waals surface area contributed by atoms with Gasteiger partial charge in [-0.25, -0.2) is 0 Å². The molecule has 420 valence electrons. The second kappa shape index (κ2) is 25.0. The molecule has 0 fully saturated rings. The van der Waals surface area contributed by atoms with E-state index in [1.165, 1.54) is 0 Å². The average molecular weight is 1150 g/mol. The zero-order valence-corrected chi connectivity index (χ0v) is 55.3. The normalized spacial score (nSPS) is 12.5. The van der Waals surface area contributed by atoms with Crippen LogP contribution in [0.1, 0.15) is 145 Å². The Kier molecular flexibility index (Phi) is 20.0. The van der Waals surface area contributed by atoms with Crippen LogP contribution in [0, 0.1) is 83.1 Å². The minimum atomic E-state index is -4.32. The standard InChI is InChI=1S/C66H86O8P2Si3/c1-43-35-47(5)59(48(6)36-43)63(67)75(71,64(68)60-49(7)37-44(2)38-50(60)8)57-29-25-55(26-30-57)23-19-21-33-77(13,14)73-79(17,18)74-78(15,16)34-22-20-24-56-27-31-58(32-28-56)76(72,65(69)61-51(9)39-45(3)40-52(61)10)66(70)62-53(11)41-46(4)42-54(62)12/h25-32,35-42H,19-24,33-34H2,1-18H3. The van der Waals surface area contributed by atoms with E-state index in [0.717, 1.165) is 84.0 Å². The fourth-order valence-electron chi connectivity index (χ4n) is 12.3. The van der Waals surface area contributed by atoms with Crippen LogP contribution in [-0.4, -0.2) is 47.3 Å². The minimum Gasteiger partial charge on any atom is -0.437 e. The molecule has 0 radical (unpaired) electrons. The lowest BCUT2D eigenvalue weighted by Gasteiger charge is -2.39. The van der Waals surface area contributed by atoms with Crippen molar-refractivity contribution in [2.45, 2.75) is 173 Å². The molecule has 6 rings (SSSR count). The zero-order chi connectivity index (χ0) is 58.7. The van der Waals surface area contributed by atoms with Gasteiger partial charge in [0.1, 0.15) is 0 Å². The quantitative estimate of drug-likeness (QED) is 0.0334. The minimum absolute atomic E-state index is 0.262. The molecule has 0 spiro atoms. The molecule has 0 heterocycles. The molecular weight excluding hydrogens is 1070 g/mol. The number of aryl methyl sites for hydroxylation is 14. The highest BCUT2D eigenvalue weighted by molar-refractivity contribution is 8.01. The lowest BCUT2D eigenvalue weighted by atomic mass is 10.0. The first-order valence-corrected chi connectivity index (χ1v) is 40.5. The number of unbranched alkanes of at least 4 members (excludes halogenated alkanes) is 2. The van der Waals surface area contributed by atoms with E-state index in [4.69, 9.17) is 8.23 Å². The van der Waals surface area contributed by atoms with Crippen LogP contribution in [0.4, 0.5) is 0 Å². The van der Waals surface area contributed by atoms with Crippen molar-refractivity contribution in [2.75, 3.05) is 0 Å². The van der Waals surface area contributed by atoms with Gasteiger partial charge < -0.3 is 17.4 Å². The Morgan fingerprint density at radius 1 is 0.354 bits per heavy atom. The molecule has 0 saturated carbocycles. The summed E-state index contributed by atoms with van der Waals surface area (Å²) in [6, 6.07) is 31.8. The van der Waals surface area contributed by atoms with Gasteiger partial charge >= 0.3 is 8.56 Å². The van der Waals surface area contributed by atoms with Crippen LogP contribution in [0.3, 0.4) is 0 Å². The van der Waals surface area contributed by atoms with E-state index >= 15 is 9.13 Å². The summed E-state index contributed by atoms with van der Waals surface area (Å²) in [5.74, 6) is 0. The van der Waals surface area contributed by atoms with E-state index in [1.54, 1.807) is 24.3 Å². The van der Waals surface area contributed by atoms with Gasteiger partial charge in [0.05, 0.1) is 0 Å². The van der Waals surface area contributed by atoms with Crippen molar-refractivity contribution >= 4 is 72.2 Å². The molecule has 0 aromatic heterocycles. The molecular formula is C66H86O8P2Si3. The Bertz CT molecular complexity index is 2960. The van der Waals surface area contributed by atoms with Gasteiger partial charge in [-0.05, 0) is 216 Å². The maximum atomic E-state index is 15.4. The van der Waals surface area contributed by atoms with Gasteiger partial charge in [0.2, 0.25) is 36.4 Å². The lowest BCUT2D eigenvalue weighted by molar-refractivity contribution is 0.102. The van der Waals surface area contributed by atoms with Crippen molar-refractivity contribution < 1.29 is 36.5 Å². The molecule has 0 bridgehead atoms. The Morgan fingerprint density at radius 2 is 0.570 bits per heavy atom. The number of hydrogen-bond acceptors (Lipinski definition) is 8. The molecule has 0 amide bonds. The highest BCUT2D eigenvalue weighted by Crippen LogP contribution is 2.54. The first-order valence-electron chi connectivity index (χ1n) is 28.0. The average Bonchev–Trinajstić information content (AvgIpc) is 3.32. The van der Waals surface area contributed by atoms with Gasteiger partial charge in [0.25, 0.3) is 0 Å². The van der Waals surface area contributed by atoms with Gasteiger partial charge in [-0.15, -0.1) is 0 Å². The molecule has 0 atom stereocenters. The van der Waals surface area contributed by atoms with E-state index < -0.39 is 61.6 Å². The highest BCUT2D eigenvalue weighted by Gasteiger charge is 2.47. The maximum Gasteiger partial charge on any atom is 0.311 e. The number of carbonyl (C=O) groups excluding carboxylic acids is 4. The molecule has 0 aliphatic rings. The van der Waals surface area contributed by atoms with E-state index in [-0.39, 0.29) is 10.6 Å². The topological polar surface area (TPSA) is 121 Å². The van der Waals surface area contributed by atoms with Crippen molar-refractivity contribution in [1.82, 2.24) is 0 Å². The summed E-state index contributed by atoms with van der Waals surface area (Å²) in [5, 5.41) is 0.525. The monoisotopic (exact) mass is 1150 g/mol. The fraction of sp³-hybridized carbons (Fsp3) is 0.394. The predicted octanol–water partition coefficient (Wildman–Crippen LogP) is 17.2. The smallest absolute Gasteiger partial charge is 0.311 e. The van der Waals surface area contributed by atoms with Crippen molar-refractivity contribution in [2.24, 2.45) is 0 Å². The largest absolute Gasteiger partial charge is 0.437 e. The maximum absolute atomic E-state index is 15.4. The van der Waals surface area contributed by atoms with Gasteiger partial charge in [0.15, 0.2) is 16.6 Å². The number of carbonyl (C=O) groups is 4. The molecule has 13 heteroatoms. The second-order valence-corrected chi connectivity index (χ2v) is 42.0. The van der Waals surface area contributed by atoms with Gasteiger partial charge in [-0.3, -0.25) is 19.2 Å². The molecule has 79 heavy (non-hydrogen) atoms. The summed E-state index contributed by atoms with van der Waals surface area (Å²) >= 11 is 0. The number of benzene rings is 6. The summed E-state index contributed by atoms with van der Waals surface area (Å²) < 4.78 is 44.9. The predicted molar refractivity (Wildman–Crippen MR) is 337 cm³/mol. The summed E-state index contributed by atoms with van der Waals surface area (Å²) in [5.41, 5.74) is 10.8. The van der Waals surface area contributed by atoms with Crippen LogP contribution in [-0.2, 0) is 30.2 Å². The summed E-state index contributed by atoms with van der Waals surface area (Å²) in [7, 11) is -15.3. The SMILES string of the molecule is Cc1cc(C)c(C(=O)P(=O)(C(=O)c2c(C)cc(C)cc2C)c2ccc(CCCC[Si](C)(C)O[Si](C)(C)O[Si](C)(C)CCCCc3ccc(P(=O)(C(=O)c4c(C)cc(C)cc4C)C(=O)c4c(C)cc(C)cc4C)cc3)cc2)c(C)c1. The van der Waals surface area contributed by atoms with Crippen LogP contribution < -0.4 is 10.6 Å². The highest BCUT2D eigenvalue weighted by atomic mass is 31.2. The summed E-state index contributed by atoms with van der Waals surface area (Å²) in [4.78, 5) is 58.6. The number of hydrogen-bond donors (Lipinski definition) is 0. The van der Waals surface area contributed by atoms with Crippen LogP contribution >= 0.6 is 14.3 Å². The Hall–Kier alpha value is -4.97. The van der Waals surface area contributed by atoms with Crippen LogP contribution in [0.2, 0.25) is 51.4 Å². The van der Waals surface area contributed by atoms with Crippen LogP contribution in [0.15, 0.2) is 97.1 Å². The van der Waals surface area contributed by atoms with E-state index in [9.17, 15) is 19.2 Å². The van der Waals surface area contributed by atoms with Crippen molar-refractivity contribution in [1.29, 1.82) is 0 Å². The van der Waals surface area contributed by atoms with E-state index in [2.05, 4.69) is 39.3 Å².